The van der Waals surface area contributed by atoms with E-state index in [9.17, 15) is 20.0 Å². The summed E-state index contributed by atoms with van der Waals surface area (Å²) in [6, 6.07) is 4.12. The molecule has 0 bridgehead atoms. The van der Waals surface area contributed by atoms with Crippen LogP contribution in [0.4, 0.5) is 11.4 Å². The predicted molar refractivity (Wildman–Crippen MR) is 75.9 cm³/mol. The SMILES string of the molecule is CCNc1ccc([N+](=O)[O-])cc1C(=O)N(C)CC(C)O. The van der Waals surface area contributed by atoms with E-state index < -0.39 is 11.0 Å². The van der Waals surface area contributed by atoms with Gasteiger partial charge in [-0.25, -0.2) is 0 Å². The molecule has 0 aliphatic rings. The van der Waals surface area contributed by atoms with Crippen molar-refractivity contribution in [2.75, 3.05) is 25.5 Å². The lowest BCUT2D eigenvalue weighted by Gasteiger charge is -2.20. The van der Waals surface area contributed by atoms with Gasteiger partial charge in [-0.15, -0.1) is 0 Å². The van der Waals surface area contributed by atoms with E-state index in [0.717, 1.165) is 0 Å². The molecule has 0 heterocycles. The van der Waals surface area contributed by atoms with Crippen LogP contribution in [-0.4, -0.2) is 47.1 Å². The Hall–Kier alpha value is -2.15. The molecule has 0 saturated heterocycles. The van der Waals surface area contributed by atoms with E-state index in [1.165, 1.54) is 23.1 Å². The number of hydrogen-bond donors (Lipinski definition) is 2. The summed E-state index contributed by atoms with van der Waals surface area (Å²) < 4.78 is 0. The number of anilines is 1. The van der Waals surface area contributed by atoms with Gasteiger partial charge in [-0.2, -0.15) is 0 Å². The van der Waals surface area contributed by atoms with E-state index in [2.05, 4.69) is 5.32 Å². The van der Waals surface area contributed by atoms with Crippen molar-refractivity contribution in [2.24, 2.45) is 0 Å². The highest BCUT2D eigenvalue weighted by Gasteiger charge is 2.20. The Morgan fingerprint density at radius 1 is 1.55 bits per heavy atom. The van der Waals surface area contributed by atoms with Gasteiger partial charge in [0.1, 0.15) is 0 Å². The van der Waals surface area contributed by atoms with Crippen molar-refractivity contribution in [1.82, 2.24) is 4.90 Å². The summed E-state index contributed by atoms with van der Waals surface area (Å²) >= 11 is 0. The Kier molecular flexibility index (Phi) is 5.45. The zero-order chi connectivity index (χ0) is 15.3. The van der Waals surface area contributed by atoms with Gasteiger partial charge in [-0.05, 0) is 19.9 Å². The number of nitro benzene ring substituents is 1. The molecule has 110 valence electrons. The van der Waals surface area contributed by atoms with Crippen LogP contribution in [0.2, 0.25) is 0 Å². The Morgan fingerprint density at radius 3 is 2.70 bits per heavy atom. The maximum Gasteiger partial charge on any atom is 0.270 e. The van der Waals surface area contributed by atoms with E-state index >= 15 is 0 Å². The molecule has 0 aromatic heterocycles. The van der Waals surface area contributed by atoms with Crippen LogP contribution in [-0.2, 0) is 0 Å². The number of aliphatic hydroxyl groups excluding tert-OH is 1. The number of amides is 1. The predicted octanol–water partition coefficient (Wildman–Crippen LogP) is 1.48. The Labute approximate surface area is 117 Å². The summed E-state index contributed by atoms with van der Waals surface area (Å²) in [7, 11) is 1.55. The second-order valence-electron chi connectivity index (χ2n) is 4.55. The Balaban J connectivity index is 3.14. The minimum absolute atomic E-state index is 0.138. The van der Waals surface area contributed by atoms with Crippen LogP contribution in [0.5, 0.6) is 0 Å². The molecular weight excluding hydrogens is 262 g/mol. The number of carbonyl (C=O) groups excluding carboxylic acids is 1. The molecule has 20 heavy (non-hydrogen) atoms. The van der Waals surface area contributed by atoms with Crippen LogP contribution in [0.3, 0.4) is 0 Å². The third kappa shape index (κ3) is 3.92. The molecule has 0 aliphatic heterocycles. The summed E-state index contributed by atoms with van der Waals surface area (Å²) in [4.78, 5) is 23.9. The average molecular weight is 281 g/mol. The quantitative estimate of drug-likeness (QED) is 0.608. The van der Waals surface area contributed by atoms with Gasteiger partial charge >= 0.3 is 0 Å². The number of benzene rings is 1. The van der Waals surface area contributed by atoms with E-state index in [1.807, 2.05) is 6.92 Å². The Morgan fingerprint density at radius 2 is 2.20 bits per heavy atom. The zero-order valence-corrected chi connectivity index (χ0v) is 11.8. The van der Waals surface area contributed by atoms with Gasteiger partial charge in [0.15, 0.2) is 0 Å². The molecule has 1 amide bonds. The molecule has 1 unspecified atom stereocenters. The van der Waals surface area contributed by atoms with Gasteiger partial charge in [-0.3, -0.25) is 14.9 Å². The molecule has 0 radical (unpaired) electrons. The second kappa shape index (κ2) is 6.85. The monoisotopic (exact) mass is 281 g/mol. The first-order valence-electron chi connectivity index (χ1n) is 6.32. The van der Waals surface area contributed by atoms with Crippen molar-refractivity contribution < 1.29 is 14.8 Å². The lowest BCUT2D eigenvalue weighted by molar-refractivity contribution is -0.384. The first-order valence-corrected chi connectivity index (χ1v) is 6.32. The molecule has 2 N–H and O–H groups in total. The maximum atomic E-state index is 12.3. The fourth-order valence-corrected chi connectivity index (χ4v) is 1.85. The maximum absolute atomic E-state index is 12.3. The highest BCUT2D eigenvalue weighted by Crippen LogP contribution is 2.23. The van der Waals surface area contributed by atoms with E-state index in [-0.39, 0.29) is 23.7 Å². The van der Waals surface area contributed by atoms with Crippen molar-refractivity contribution in [3.63, 3.8) is 0 Å². The second-order valence-corrected chi connectivity index (χ2v) is 4.55. The van der Waals surface area contributed by atoms with Crippen molar-refractivity contribution in [1.29, 1.82) is 0 Å². The summed E-state index contributed by atoms with van der Waals surface area (Å²) in [6.07, 6.45) is -0.662. The molecule has 0 fully saturated rings. The smallest absolute Gasteiger partial charge is 0.270 e. The van der Waals surface area contributed by atoms with Crippen molar-refractivity contribution >= 4 is 17.3 Å². The molecule has 1 rings (SSSR count). The lowest BCUT2D eigenvalue weighted by Crippen LogP contribution is -2.33. The van der Waals surface area contributed by atoms with Gasteiger partial charge in [0.25, 0.3) is 11.6 Å². The molecular formula is C13H19N3O4. The zero-order valence-electron chi connectivity index (χ0n) is 11.8. The number of likely N-dealkylation sites (N-methyl/N-ethyl adjacent to an activating group) is 1. The summed E-state index contributed by atoms with van der Waals surface area (Å²) in [5.74, 6) is -0.370. The van der Waals surface area contributed by atoms with Crippen LogP contribution < -0.4 is 5.32 Å². The minimum Gasteiger partial charge on any atom is -0.392 e. The molecule has 0 saturated carbocycles. The van der Waals surface area contributed by atoms with Gasteiger partial charge in [-0.1, -0.05) is 0 Å². The first-order chi connectivity index (χ1) is 9.36. The van der Waals surface area contributed by atoms with Crippen LogP contribution in [0.15, 0.2) is 18.2 Å². The number of nitro groups is 1. The highest BCUT2D eigenvalue weighted by atomic mass is 16.6. The fraction of sp³-hybridized carbons (Fsp3) is 0.462. The summed E-state index contributed by atoms with van der Waals surface area (Å²) in [5, 5.41) is 23.1. The molecule has 1 aromatic carbocycles. The minimum atomic E-state index is -0.662. The summed E-state index contributed by atoms with van der Waals surface area (Å²) in [6.45, 7) is 4.20. The number of hydrogen-bond acceptors (Lipinski definition) is 5. The summed E-state index contributed by atoms with van der Waals surface area (Å²) in [5.41, 5.74) is 0.630. The number of carbonyl (C=O) groups is 1. The number of nitrogens with zero attached hydrogens (tertiary/aromatic N) is 2. The van der Waals surface area contributed by atoms with Crippen molar-refractivity contribution in [3.05, 3.63) is 33.9 Å². The fourth-order valence-electron chi connectivity index (χ4n) is 1.85. The first kappa shape index (κ1) is 15.9. The van der Waals surface area contributed by atoms with E-state index in [0.29, 0.717) is 12.2 Å². The highest BCUT2D eigenvalue weighted by molar-refractivity contribution is 6.00. The lowest BCUT2D eigenvalue weighted by atomic mass is 10.1. The third-order valence-electron chi connectivity index (χ3n) is 2.70. The topological polar surface area (TPSA) is 95.7 Å². The largest absolute Gasteiger partial charge is 0.392 e. The van der Waals surface area contributed by atoms with E-state index in [4.69, 9.17) is 0 Å². The van der Waals surface area contributed by atoms with E-state index in [1.54, 1.807) is 14.0 Å². The number of rotatable bonds is 6. The molecule has 0 spiro atoms. The van der Waals surface area contributed by atoms with Gasteiger partial charge in [0, 0.05) is 38.0 Å². The van der Waals surface area contributed by atoms with Crippen molar-refractivity contribution in [2.45, 2.75) is 20.0 Å². The molecule has 7 heteroatoms. The van der Waals surface area contributed by atoms with Gasteiger partial charge in [0.2, 0.25) is 0 Å². The van der Waals surface area contributed by atoms with Crippen LogP contribution in [0, 0.1) is 10.1 Å². The van der Waals surface area contributed by atoms with Gasteiger partial charge in [0.05, 0.1) is 16.6 Å². The van der Waals surface area contributed by atoms with Crippen LogP contribution >= 0.6 is 0 Å². The normalized spacial score (nSPS) is 11.8. The number of nitrogens with one attached hydrogen (secondary N) is 1. The molecule has 1 atom stereocenters. The van der Waals surface area contributed by atoms with Crippen LogP contribution in [0.1, 0.15) is 24.2 Å². The average Bonchev–Trinajstić information content (AvgIpc) is 2.37. The van der Waals surface area contributed by atoms with Gasteiger partial charge < -0.3 is 15.3 Å². The molecule has 7 nitrogen and oxygen atoms in total. The van der Waals surface area contributed by atoms with Crippen molar-refractivity contribution in [3.8, 4) is 0 Å². The standard InChI is InChI=1S/C13H19N3O4/c1-4-14-12-6-5-10(16(19)20)7-11(12)13(18)15(3)8-9(2)17/h5-7,9,14,17H,4,8H2,1-3H3. The number of aliphatic hydroxyl groups is 1. The third-order valence-corrected chi connectivity index (χ3v) is 2.70. The number of non-ortho nitro benzene ring substituents is 1. The Bertz CT molecular complexity index is 502. The molecule has 0 aliphatic carbocycles. The van der Waals surface area contributed by atoms with Crippen LogP contribution in [0.25, 0.3) is 0 Å². The molecule has 1 aromatic rings.